The Kier molecular flexibility index (Phi) is 27.0. The van der Waals surface area contributed by atoms with Gasteiger partial charge in [0.05, 0.1) is 33.3 Å². The lowest BCUT2D eigenvalue weighted by molar-refractivity contribution is -0.146. The summed E-state index contributed by atoms with van der Waals surface area (Å²) in [6, 6.07) is 11.4. The zero-order chi connectivity index (χ0) is 64.1. The van der Waals surface area contributed by atoms with Crippen LogP contribution in [0.15, 0.2) is 48.5 Å². The second-order valence-electron chi connectivity index (χ2n) is 24.3. The zero-order valence-corrected chi connectivity index (χ0v) is 51.9. The topological polar surface area (TPSA) is 356 Å². The largest absolute Gasteiger partial charge is 0.467 e. The normalized spacial score (nSPS) is 13.9. The molecule has 0 aromatic heterocycles. The van der Waals surface area contributed by atoms with Crippen LogP contribution in [0.5, 0.6) is 0 Å². The summed E-state index contributed by atoms with van der Waals surface area (Å²) >= 11 is 0. The number of carbonyl (C=O) groups is 12. The van der Waals surface area contributed by atoms with E-state index in [-0.39, 0.29) is 49.0 Å². The van der Waals surface area contributed by atoms with Gasteiger partial charge in [-0.25, -0.2) is 9.59 Å². The van der Waals surface area contributed by atoms with Crippen molar-refractivity contribution in [2.24, 2.45) is 23.7 Å². The summed E-state index contributed by atoms with van der Waals surface area (Å²) in [5, 5.41) is 27.9. The van der Waals surface area contributed by atoms with Crippen molar-refractivity contribution in [2.75, 3.05) is 39.9 Å². The highest BCUT2D eigenvalue weighted by Crippen LogP contribution is 2.44. The molecule has 5 atom stereocenters. The van der Waals surface area contributed by atoms with Crippen LogP contribution in [0.1, 0.15) is 140 Å². The molecule has 0 radical (unpaired) electrons. The highest BCUT2D eigenvalue weighted by molar-refractivity contribution is 5.99. The van der Waals surface area contributed by atoms with Crippen LogP contribution in [0, 0.1) is 23.7 Å². The number of esters is 1. The first-order valence-electron chi connectivity index (χ1n) is 28.8. The summed E-state index contributed by atoms with van der Waals surface area (Å²) in [4.78, 5) is 158. The molecule has 11 N–H and O–H groups in total. The molecule has 3 rings (SSSR count). The smallest absolute Gasteiger partial charge is 0.408 e. The molecule has 2 aromatic carbocycles. The van der Waals surface area contributed by atoms with Crippen LogP contribution in [0.4, 0.5) is 4.79 Å². The second-order valence-corrected chi connectivity index (χ2v) is 24.3. The first kappa shape index (κ1) is 71.1. The minimum atomic E-state index is -1.63. The molecule has 0 saturated heterocycles. The number of hydrogen-bond acceptors (Lipinski definition) is 14. The molecule has 0 heterocycles. The molecule has 0 unspecified atom stereocenters. The Balaban J connectivity index is 1.48. The third-order valence-electron chi connectivity index (χ3n) is 14.0. The predicted octanol–water partition coefficient (Wildman–Crippen LogP) is 1.85. The Morgan fingerprint density at radius 3 is 1.26 bits per heavy atom. The minimum Gasteiger partial charge on any atom is -0.467 e. The van der Waals surface area contributed by atoms with Crippen molar-refractivity contribution in [3.05, 3.63) is 59.7 Å². The maximum Gasteiger partial charge on any atom is 0.408 e. The van der Waals surface area contributed by atoms with Gasteiger partial charge in [0.15, 0.2) is 0 Å². The van der Waals surface area contributed by atoms with Crippen molar-refractivity contribution < 1.29 is 67.0 Å². The van der Waals surface area contributed by atoms with E-state index in [2.05, 4.69) is 58.5 Å². The number of nitrogens with one attached hydrogen (secondary N) is 11. The van der Waals surface area contributed by atoms with Crippen LogP contribution < -0.4 is 58.5 Å². The number of benzene rings is 2. The summed E-state index contributed by atoms with van der Waals surface area (Å²) in [5.41, 5.74) is -0.620. The lowest BCUT2D eigenvalue weighted by Gasteiger charge is -2.29. The van der Waals surface area contributed by atoms with Gasteiger partial charge in [-0.1, -0.05) is 110 Å². The summed E-state index contributed by atoms with van der Waals surface area (Å²) in [6.07, 6.45) is 0.223. The van der Waals surface area contributed by atoms with Crippen molar-refractivity contribution in [1.29, 1.82) is 0 Å². The molecule has 11 amide bonds. The molecular weight excluding hydrogens is 1100 g/mol. The van der Waals surface area contributed by atoms with E-state index < -0.39 is 138 Å². The Hall–Kier alpha value is -8.12. The number of rotatable bonds is 32. The molecule has 0 saturated carbocycles. The van der Waals surface area contributed by atoms with E-state index in [1.807, 2.05) is 83.1 Å². The number of methoxy groups -OCH3 is 1. The van der Waals surface area contributed by atoms with Crippen molar-refractivity contribution in [2.45, 2.75) is 169 Å². The minimum absolute atomic E-state index is 0.0219. The molecule has 0 aliphatic heterocycles. The number of carbonyl (C=O) groups excluding carboxylic acids is 12. The third kappa shape index (κ3) is 22.4. The summed E-state index contributed by atoms with van der Waals surface area (Å²) in [5.74, 6) is -8.75. The molecule has 470 valence electrons. The molecule has 25 heteroatoms. The molecule has 0 bridgehead atoms. The quantitative estimate of drug-likeness (QED) is 0.0466. The molecule has 1 aliphatic rings. The Bertz CT molecular complexity index is 2700. The second kappa shape index (κ2) is 32.2. The Labute approximate surface area is 498 Å². The van der Waals surface area contributed by atoms with Crippen molar-refractivity contribution in [1.82, 2.24) is 58.5 Å². The van der Waals surface area contributed by atoms with E-state index >= 15 is 0 Å². The third-order valence-corrected chi connectivity index (χ3v) is 14.0. The van der Waals surface area contributed by atoms with Crippen LogP contribution in [0.3, 0.4) is 0 Å². The lowest BCUT2D eigenvalue weighted by atomic mass is 9.97. The van der Waals surface area contributed by atoms with Gasteiger partial charge in [0, 0.05) is 5.92 Å². The van der Waals surface area contributed by atoms with E-state index in [1.54, 1.807) is 20.8 Å². The van der Waals surface area contributed by atoms with Gasteiger partial charge < -0.3 is 68.0 Å². The van der Waals surface area contributed by atoms with Crippen molar-refractivity contribution in [3.8, 4) is 11.1 Å². The monoisotopic (exact) mass is 1190 g/mol. The molecular formula is C60H91N11O14. The van der Waals surface area contributed by atoms with Crippen LogP contribution in [-0.2, 0) is 62.2 Å². The van der Waals surface area contributed by atoms with E-state index in [9.17, 15) is 57.5 Å². The van der Waals surface area contributed by atoms with E-state index in [4.69, 9.17) is 9.47 Å². The fourth-order valence-corrected chi connectivity index (χ4v) is 9.15. The van der Waals surface area contributed by atoms with Crippen molar-refractivity contribution in [3.63, 3.8) is 0 Å². The number of fused-ring (bicyclic) bond motifs is 3. The first-order valence-corrected chi connectivity index (χ1v) is 28.8. The van der Waals surface area contributed by atoms with Crippen LogP contribution >= 0.6 is 0 Å². The summed E-state index contributed by atoms with van der Waals surface area (Å²) < 4.78 is 10.4. The number of ether oxygens (including phenoxy) is 2. The van der Waals surface area contributed by atoms with Crippen LogP contribution in [-0.4, -0.2) is 152 Å². The average molecular weight is 1190 g/mol. The van der Waals surface area contributed by atoms with Gasteiger partial charge >= 0.3 is 12.1 Å². The number of amides is 11. The molecule has 2 aromatic rings. The fraction of sp³-hybridized carbons (Fsp3) is 0.600. The molecule has 25 nitrogen and oxygen atoms in total. The highest BCUT2D eigenvalue weighted by Gasteiger charge is 2.38. The first-order chi connectivity index (χ1) is 39.6. The van der Waals surface area contributed by atoms with Gasteiger partial charge in [0.2, 0.25) is 59.1 Å². The highest BCUT2D eigenvalue weighted by atomic mass is 16.5. The van der Waals surface area contributed by atoms with E-state index in [1.165, 1.54) is 48.7 Å². The van der Waals surface area contributed by atoms with Gasteiger partial charge in [-0.15, -0.1) is 0 Å². The lowest BCUT2D eigenvalue weighted by Crippen LogP contribution is -2.61. The standard InChI is InChI=1S/C60H91N11O14/c1-16-36(8)49(52(78)67-44(27-35(6)7)53(79)84-15)68-48(75)31-64-55(81)59(11,12)70-50(76)42(25-33(2)3)65-46(73)29-61-45(72)28-62-54(80)58(9,10)69-51(77)43(26-34(4)5)66-47(74)30-63-56(82)60(13,14)71-57(83)85-32-41-39-23-19-17-21-37(39)38-22-18-20-24-40(38)41/h17-24,33-36,41-44,49H,16,25-32H2,1-15H3,(H,61,72)(H,62,80)(H,63,82)(H,64,81)(H,65,73)(H,66,74)(H,67,78)(H,68,75)(H,69,77)(H,70,76)(H,71,83)/t36-,42-,43-,44-,49-/m0/s1. The van der Waals surface area contributed by atoms with Crippen molar-refractivity contribution >= 4 is 71.1 Å². The zero-order valence-electron chi connectivity index (χ0n) is 51.9. The molecule has 85 heavy (non-hydrogen) atoms. The van der Waals surface area contributed by atoms with E-state index in [0.717, 1.165) is 22.3 Å². The molecule has 0 spiro atoms. The number of hydrogen-bond donors (Lipinski definition) is 11. The molecule has 0 fully saturated rings. The Morgan fingerprint density at radius 2 is 0.847 bits per heavy atom. The molecule has 1 aliphatic carbocycles. The predicted molar refractivity (Wildman–Crippen MR) is 316 cm³/mol. The maximum atomic E-state index is 13.6. The fourth-order valence-electron chi connectivity index (χ4n) is 9.15. The maximum absolute atomic E-state index is 13.6. The van der Waals surface area contributed by atoms with Crippen LogP contribution in [0.2, 0.25) is 0 Å². The van der Waals surface area contributed by atoms with Gasteiger partial charge in [-0.2, -0.15) is 0 Å². The summed E-state index contributed by atoms with van der Waals surface area (Å²) in [7, 11) is 1.21. The van der Waals surface area contributed by atoms with Gasteiger partial charge in [-0.05, 0) is 107 Å². The SMILES string of the molecule is CC[C@H](C)[C@H](NC(=O)CNC(=O)C(C)(C)NC(=O)[C@H](CC(C)C)NC(=O)CNC(=O)CNC(=O)C(C)(C)NC(=O)[C@H](CC(C)C)NC(=O)CNC(=O)C(C)(C)NC(=O)OCC1c2ccccc2-c2ccccc21)C(=O)N[C@@H](CC(C)C)C(=O)OC. The van der Waals surface area contributed by atoms with Gasteiger partial charge in [0.25, 0.3) is 0 Å². The Morgan fingerprint density at radius 1 is 0.471 bits per heavy atom. The average Bonchev–Trinajstić information content (AvgIpc) is 3.62. The van der Waals surface area contributed by atoms with Gasteiger partial charge in [-0.3, -0.25) is 47.9 Å². The van der Waals surface area contributed by atoms with E-state index in [0.29, 0.717) is 12.8 Å². The summed E-state index contributed by atoms with van der Waals surface area (Å²) in [6.45, 7) is 20.6. The number of alkyl carbamates (subject to hydrolysis) is 1. The van der Waals surface area contributed by atoms with Crippen LogP contribution in [0.25, 0.3) is 11.1 Å². The van der Waals surface area contributed by atoms with Gasteiger partial charge in [0.1, 0.15) is 47.4 Å².